The van der Waals surface area contributed by atoms with Crippen LogP contribution in [0.25, 0.3) is 0 Å². The smallest absolute Gasteiger partial charge is 0.407 e. The Kier molecular flexibility index (Phi) is 6.12. The third kappa shape index (κ3) is 5.10. The Morgan fingerprint density at radius 2 is 1.92 bits per heavy atom. The SMILES string of the molecule is C[C@H]1CCCC[C@]1(CNC(=O)OC(C)(C)C)NCC(=O)N1CCC1. The molecule has 2 rings (SSSR count). The van der Waals surface area contributed by atoms with E-state index in [1.165, 1.54) is 6.42 Å². The molecule has 0 aromatic carbocycles. The molecule has 0 unspecified atom stereocenters. The average Bonchev–Trinajstić information content (AvgIpc) is 2.42. The van der Waals surface area contributed by atoms with Crippen molar-refractivity contribution in [2.24, 2.45) is 5.92 Å². The molecule has 2 atom stereocenters. The molecule has 1 saturated heterocycles. The lowest BCUT2D eigenvalue weighted by atomic mass is 9.73. The van der Waals surface area contributed by atoms with Gasteiger partial charge >= 0.3 is 6.09 Å². The van der Waals surface area contributed by atoms with Crippen molar-refractivity contribution < 1.29 is 14.3 Å². The Labute approximate surface area is 145 Å². The third-order valence-corrected chi connectivity index (χ3v) is 5.20. The van der Waals surface area contributed by atoms with E-state index >= 15 is 0 Å². The molecule has 24 heavy (non-hydrogen) atoms. The number of likely N-dealkylation sites (tertiary alicyclic amines) is 1. The van der Waals surface area contributed by atoms with E-state index in [0.29, 0.717) is 19.0 Å². The number of hydrogen-bond donors (Lipinski definition) is 2. The Bertz CT molecular complexity index is 457. The van der Waals surface area contributed by atoms with Crippen molar-refractivity contribution in [1.82, 2.24) is 15.5 Å². The molecular formula is C18H33N3O3. The minimum atomic E-state index is -0.504. The summed E-state index contributed by atoms with van der Waals surface area (Å²) in [6, 6.07) is 0. The fraction of sp³-hybridized carbons (Fsp3) is 0.889. The standard InChI is InChI=1S/C18H33N3O3/c1-14-8-5-6-9-18(14,13-19-16(23)24-17(2,3)4)20-12-15(22)21-10-7-11-21/h14,20H,5-13H2,1-4H3,(H,19,23)/t14-,18+/m0/s1. The van der Waals surface area contributed by atoms with Gasteiger partial charge in [0.2, 0.25) is 5.91 Å². The van der Waals surface area contributed by atoms with E-state index in [4.69, 9.17) is 4.74 Å². The number of hydrogen-bond acceptors (Lipinski definition) is 4. The van der Waals surface area contributed by atoms with Crippen molar-refractivity contribution in [2.75, 3.05) is 26.2 Å². The van der Waals surface area contributed by atoms with Crippen LogP contribution in [0.15, 0.2) is 0 Å². The van der Waals surface area contributed by atoms with E-state index in [1.807, 2.05) is 25.7 Å². The molecule has 0 aromatic rings. The quantitative estimate of drug-likeness (QED) is 0.806. The zero-order valence-corrected chi connectivity index (χ0v) is 15.6. The largest absolute Gasteiger partial charge is 0.444 e. The van der Waals surface area contributed by atoms with Gasteiger partial charge in [-0.05, 0) is 46.0 Å². The van der Waals surface area contributed by atoms with Crippen molar-refractivity contribution in [2.45, 2.75) is 70.9 Å². The summed E-state index contributed by atoms with van der Waals surface area (Å²) in [5.41, 5.74) is -0.730. The van der Waals surface area contributed by atoms with Gasteiger partial charge in [0.25, 0.3) is 0 Å². The molecule has 6 heteroatoms. The third-order valence-electron chi connectivity index (χ3n) is 5.20. The summed E-state index contributed by atoms with van der Waals surface area (Å²) in [5, 5.41) is 6.40. The summed E-state index contributed by atoms with van der Waals surface area (Å²) in [6.07, 6.45) is 5.11. The van der Waals surface area contributed by atoms with E-state index in [0.717, 1.165) is 38.8 Å². The molecule has 1 aliphatic heterocycles. The maximum atomic E-state index is 12.2. The molecule has 2 aliphatic rings. The number of ether oxygens (including phenoxy) is 1. The molecule has 2 fully saturated rings. The second kappa shape index (κ2) is 7.72. The summed E-state index contributed by atoms with van der Waals surface area (Å²) in [4.78, 5) is 26.1. The van der Waals surface area contributed by atoms with Gasteiger partial charge in [-0.15, -0.1) is 0 Å². The molecular weight excluding hydrogens is 306 g/mol. The Morgan fingerprint density at radius 3 is 2.46 bits per heavy atom. The molecule has 0 aromatic heterocycles. The van der Waals surface area contributed by atoms with Gasteiger partial charge in [0.05, 0.1) is 6.54 Å². The van der Waals surface area contributed by atoms with Gasteiger partial charge in [0, 0.05) is 25.2 Å². The summed E-state index contributed by atoms with van der Waals surface area (Å²) in [5.74, 6) is 0.570. The van der Waals surface area contributed by atoms with Gasteiger partial charge < -0.3 is 20.3 Å². The van der Waals surface area contributed by atoms with Crippen LogP contribution in [0.4, 0.5) is 4.79 Å². The van der Waals surface area contributed by atoms with Crippen molar-refractivity contribution in [3.8, 4) is 0 Å². The Hall–Kier alpha value is -1.30. The maximum absolute atomic E-state index is 12.2. The molecule has 2 N–H and O–H groups in total. The van der Waals surface area contributed by atoms with Crippen LogP contribution >= 0.6 is 0 Å². The Balaban J connectivity index is 1.92. The number of carbonyl (C=O) groups excluding carboxylic acids is 2. The molecule has 1 aliphatic carbocycles. The fourth-order valence-electron chi connectivity index (χ4n) is 3.47. The summed E-state index contributed by atoms with van der Waals surface area (Å²) < 4.78 is 5.35. The highest BCUT2D eigenvalue weighted by Gasteiger charge is 2.39. The number of rotatable bonds is 5. The lowest BCUT2D eigenvalue weighted by Gasteiger charge is -2.44. The van der Waals surface area contributed by atoms with Crippen LogP contribution in [-0.4, -0.2) is 54.2 Å². The summed E-state index contributed by atoms with van der Waals surface area (Å²) in [6.45, 7) is 10.4. The minimum absolute atomic E-state index is 0.163. The average molecular weight is 339 g/mol. The van der Waals surface area contributed by atoms with E-state index in [9.17, 15) is 9.59 Å². The van der Waals surface area contributed by atoms with Gasteiger partial charge in [-0.25, -0.2) is 4.79 Å². The van der Waals surface area contributed by atoms with E-state index in [-0.39, 0.29) is 11.4 Å². The molecule has 0 spiro atoms. The molecule has 6 nitrogen and oxygen atoms in total. The lowest BCUT2D eigenvalue weighted by molar-refractivity contribution is -0.134. The first-order valence-electron chi connectivity index (χ1n) is 9.21. The van der Waals surface area contributed by atoms with Gasteiger partial charge in [-0.3, -0.25) is 4.79 Å². The van der Waals surface area contributed by atoms with E-state index < -0.39 is 11.7 Å². The van der Waals surface area contributed by atoms with Crippen molar-refractivity contribution in [1.29, 1.82) is 0 Å². The first kappa shape index (κ1) is 19.0. The maximum Gasteiger partial charge on any atom is 0.407 e. The van der Waals surface area contributed by atoms with Crippen molar-refractivity contribution >= 4 is 12.0 Å². The fourth-order valence-corrected chi connectivity index (χ4v) is 3.47. The van der Waals surface area contributed by atoms with Crippen LogP contribution in [0.2, 0.25) is 0 Å². The van der Waals surface area contributed by atoms with Crippen LogP contribution < -0.4 is 10.6 Å². The predicted molar refractivity (Wildman–Crippen MR) is 93.8 cm³/mol. The van der Waals surface area contributed by atoms with Crippen LogP contribution in [-0.2, 0) is 9.53 Å². The molecule has 1 heterocycles. The highest BCUT2D eigenvalue weighted by Crippen LogP contribution is 2.33. The van der Waals surface area contributed by atoms with Gasteiger partial charge in [0.15, 0.2) is 0 Å². The number of nitrogens with zero attached hydrogens (tertiary/aromatic N) is 1. The van der Waals surface area contributed by atoms with Gasteiger partial charge in [-0.1, -0.05) is 19.8 Å². The second-order valence-electron chi connectivity index (χ2n) is 8.25. The predicted octanol–water partition coefficient (Wildman–Crippen LogP) is 2.28. The molecule has 2 amide bonds. The first-order valence-corrected chi connectivity index (χ1v) is 9.21. The van der Waals surface area contributed by atoms with E-state index in [1.54, 1.807) is 0 Å². The lowest BCUT2D eigenvalue weighted by Crippen LogP contribution is -2.61. The van der Waals surface area contributed by atoms with Crippen molar-refractivity contribution in [3.05, 3.63) is 0 Å². The van der Waals surface area contributed by atoms with Crippen LogP contribution in [0.1, 0.15) is 59.8 Å². The minimum Gasteiger partial charge on any atom is -0.444 e. The highest BCUT2D eigenvalue weighted by molar-refractivity contribution is 5.79. The molecule has 0 bridgehead atoms. The van der Waals surface area contributed by atoms with Crippen molar-refractivity contribution in [3.63, 3.8) is 0 Å². The summed E-state index contributed by atoms with van der Waals surface area (Å²) >= 11 is 0. The normalized spacial score (nSPS) is 27.3. The first-order chi connectivity index (χ1) is 11.2. The zero-order valence-electron chi connectivity index (χ0n) is 15.6. The molecule has 1 saturated carbocycles. The molecule has 138 valence electrons. The number of carbonyl (C=O) groups is 2. The van der Waals surface area contributed by atoms with Gasteiger partial charge in [-0.2, -0.15) is 0 Å². The molecule has 0 radical (unpaired) electrons. The van der Waals surface area contributed by atoms with Crippen LogP contribution in [0, 0.1) is 5.92 Å². The number of amides is 2. The number of alkyl carbamates (subject to hydrolysis) is 1. The van der Waals surface area contributed by atoms with E-state index in [2.05, 4.69) is 17.6 Å². The second-order valence-corrected chi connectivity index (χ2v) is 8.25. The topological polar surface area (TPSA) is 70.7 Å². The summed E-state index contributed by atoms with van der Waals surface area (Å²) in [7, 11) is 0. The van der Waals surface area contributed by atoms with Gasteiger partial charge in [0.1, 0.15) is 5.60 Å². The Morgan fingerprint density at radius 1 is 1.21 bits per heavy atom. The van der Waals surface area contributed by atoms with Crippen LogP contribution in [0.3, 0.4) is 0 Å². The number of nitrogens with one attached hydrogen (secondary N) is 2. The monoisotopic (exact) mass is 339 g/mol. The zero-order chi connectivity index (χ0) is 17.8. The highest BCUT2D eigenvalue weighted by atomic mass is 16.6. The van der Waals surface area contributed by atoms with Crippen LogP contribution in [0.5, 0.6) is 0 Å².